The molecule has 0 radical (unpaired) electrons. The van der Waals surface area contributed by atoms with Crippen LogP contribution in [0.5, 0.6) is 5.75 Å². The molecule has 2 aromatic carbocycles. The lowest BCUT2D eigenvalue weighted by atomic mass is 9.99. The van der Waals surface area contributed by atoms with Gasteiger partial charge in [0.1, 0.15) is 12.4 Å². The maximum atomic E-state index is 12.9. The van der Waals surface area contributed by atoms with Crippen molar-refractivity contribution in [3.8, 4) is 5.75 Å². The first-order valence-electron chi connectivity index (χ1n) is 9.90. The Labute approximate surface area is 172 Å². The van der Waals surface area contributed by atoms with Gasteiger partial charge >= 0.3 is 0 Å². The Morgan fingerprint density at radius 1 is 1.07 bits per heavy atom. The Morgan fingerprint density at radius 2 is 1.69 bits per heavy atom. The third-order valence-corrected chi connectivity index (χ3v) is 6.98. The van der Waals surface area contributed by atoms with Crippen molar-refractivity contribution in [2.24, 2.45) is 5.92 Å². The number of aryl methyl sites for hydroxylation is 2. The van der Waals surface area contributed by atoms with Crippen LogP contribution in [0.3, 0.4) is 0 Å². The Bertz CT molecular complexity index is 924. The summed E-state index contributed by atoms with van der Waals surface area (Å²) in [4.78, 5) is 12.8. The van der Waals surface area contributed by atoms with Crippen molar-refractivity contribution >= 4 is 15.9 Å². The van der Waals surface area contributed by atoms with E-state index in [0.29, 0.717) is 32.5 Å². The van der Waals surface area contributed by atoms with E-state index in [0.717, 1.165) is 16.9 Å². The fraction of sp³-hybridized carbons (Fsp3) is 0.409. The summed E-state index contributed by atoms with van der Waals surface area (Å²) in [5.41, 5.74) is 2.17. The summed E-state index contributed by atoms with van der Waals surface area (Å²) in [7, 11) is -3.58. The molecule has 2 aromatic rings. The first-order valence-corrected chi connectivity index (χ1v) is 11.3. The smallest absolute Gasteiger partial charge is 0.243 e. The number of piperidine rings is 1. The molecule has 0 unspecified atom stereocenters. The molecule has 7 heteroatoms. The van der Waals surface area contributed by atoms with Gasteiger partial charge < -0.3 is 10.1 Å². The molecule has 1 N–H and O–H groups in total. The van der Waals surface area contributed by atoms with E-state index in [9.17, 15) is 13.2 Å². The summed E-state index contributed by atoms with van der Waals surface area (Å²) in [6.45, 7) is 5.33. The van der Waals surface area contributed by atoms with Gasteiger partial charge in [0, 0.05) is 13.1 Å². The van der Waals surface area contributed by atoms with E-state index in [1.807, 2.05) is 38.1 Å². The number of carbonyl (C=O) groups excluding carboxylic acids is 1. The van der Waals surface area contributed by atoms with E-state index in [4.69, 9.17) is 4.74 Å². The van der Waals surface area contributed by atoms with E-state index in [2.05, 4.69) is 5.32 Å². The van der Waals surface area contributed by atoms with Crippen molar-refractivity contribution in [3.63, 3.8) is 0 Å². The van der Waals surface area contributed by atoms with Crippen molar-refractivity contribution in [1.82, 2.24) is 9.62 Å². The molecule has 1 heterocycles. The largest absolute Gasteiger partial charge is 0.492 e. The second-order valence-corrected chi connectivity index (χ2v) is 9.41. The maximum Gasteiger partial charge on any atom is 0.243 e. The zero-order valence-electron chi connectivity index (χ0n) is 16.9. The van der Waals surface area contributed by atoms with E-state index in [-0.39, 0.29) is 23.3 Å². The van der Waals surface area contributed by atoms with Gasteiger partial charge in [-0.3, -0.25) is 4.79 Å². The van der Waals surface area contributed by atoms with Crippen molar-refractivity contribution in [1.29, 1.82) is 0 Å². The Morgan fingerprint density at radius 3 is 2.34 bits per heavy atom. The molecule has 1 atom stereocenters. The summed E-state index contributed by atoms with van der Waals surface area (Å²) in [5, 5.41) is 2.87. The van der Waals surface area contributed by atoms with Crippen molar-refractivity contribution in [3.05, 3.63) is 59.7 Å². The number of ether oxygens (including phenoxy) is 1. The number of nitrogens with one attached hydrogen (secondary N) is 1. The first-order chi connectivity index (χ1) is 13.9. The highest BCUT2D eigenvalue weighted by atomic mass is 32.2. The summed E-state index contributed by atoms with van der Waals surface area (Å²) in [6.07, 6.45) is 1.35. The molecule has 29 heavy (non-hydrogen) atoms. The monoisotopic (exact) mass is 416 g/mol. The summed E-state index contributed by atoms with van der Waals surface area (Å²) >= 11 is 0. The van der Waals surface area contributed by atoms with E-state index in [1.54, 1.807) is 24.3 Å². The van der Waals surface area contributed by atoms with Crippen LogP contribution in [0.1, 0.15) is 24.0 Å². The van der Waals surface area contributed by atoms with Crippen molar-refractivity contribution < 1.29 is 17.9 Å². The van der Waals surface area contributed by atoms with Gasteiger partial charge in [-0.1, -0.05) is 35.4 Å². The molecule has 3 rings (SSSR count). The van der Waals surface area contributed by atoms with Gasteiger partial charge in [-0.15, -0.1) is 0 Å². The van der Waals surface area contributed by atoms with Crippen LogP contribution in [-0.2, 0) is 14.8 Å². The molecular formula is C22H28N2O4S. The van der Waals surface area contributed by atoms with Gasteiger partial charge in [-0.2, -0.15) is 4.31 Å². The highest BCUT2D eigenvalue weighted by molar-refractivity contribution is 7.89. The second kappa shape index (κ2) is 9.41. The standard InChI is InChI=1S/C22H28N2O4S/c1-17-5-9-20(10-6-17)28-15-13-23-22(25)19-4-3-14-24(16-19)29(26,27)21-11-7-18(2)8-12-21/h5-12,19H,3-4,13-16H2,1-2H3,(H,23,25)/t19-/m1/s1. The lowest BCUT2D eigenvalue weighted by molar-refractivity contribution is -0.126. The maximum absolute atomic E-state index is 12.9. The van der Waals surface area contributed by atoms with Crippen LogP contribution in [0.25, 0.3) is 0 Å². The average Bonchev–Trinajstić information content (AvgIpc) is 2.73. The predicted molar refractivity (Wildman–Crippen MR) is 112 cm³/mol. The highest BCUT2D eigenvalue weighted by Crippen LogP contribution is 2.24. The summed E-state index contributed by atoms with van der Waals surface area (Å²) < 4.78 is 32.8. The predicted octanol–water partition coefficient (Wildman–Crippen LogP) is 2.90. The molecule has 0 spiro atoms. The molecular weight excluding hydrogens is 388 g/mol. The Hall–Kier alpha value is -2.38. The number of sulfonamides is 1. The number of carbonyl (C=O) groups is 1. The summed E-state index contributed by atoms with van der Waals surface area (Å²) in [5.74, 6) is 0.294. The number of rotatable bonds is 7. The van der Waals surface area contributed by atoms with Crippen molar-refractivity contribution in [2.45, 2.75) is 31.6 Å². The molecule has 1 amide bonds. The SMILES string of the molecule is Cc1ccc(OCCNC(=O)[C@@H]2CCCN(S(=O)(=O)c3ccc(C)cc3)C2)cc1. The van der Waals surface area contributed by atoms with E-state index < -0.39 is 10.0 Å². The van der Waals surface area contributed by atoms with E-state index in [1.165, 1.54) is 4.31 Å². The minimum absolute atomic E-state index is 0.124. The normalized spacial score (nSPS) is 17.7. The molecule has 0 bridgehead atoms. The minimum atomic E-state index is -3.58. The van der Waals surface area contributed by atoms with Crippen LogP contribution < -0.4 is 10.1 Å². The van der Waals surface area contributed by atoms with Gasteiger partial charge in [0.25, 0.3) is 0 Å². The molecule has 6 nitrogen and oxygen atoms in total. The molecule has 0 aliphatic carbocycles. The Kier molecular flexibility index (Phi) is 6.92. The van der Waals surface area contributed by atoms with Gasteiger partial charge in [-0.25, -0.2) is 8.42 Å². The molecule has 0 saturated carbocycles. The third-order valence-electron chi connectivity index (χ3n) is 5.10. The topological polar surface area (TPSA) is 75.7 Å². The van der Waals surface area contributed by atoms with Gasteiger partial charge in [0.15, 0.2) is 0 Å². The highest BCUT2D eigenvalue weighted by Gasteiger charge is 2.33. The molecule has 156 valence electrons. The number of hydrogen-bond acceptors (Lipinski definition) is 4. The molecule has 1 saturated heterocycles. The Balaban J connectivity index is 1.51. The third kappa shape index (κ3) is 5.58. The fourth-order valence-electron chi connectivity index (χ4n) is 3.36. The quantitative estimate of drug-likeness (QED) is 0.704. The zero-order valence-corrected chi connectivity index (χ0v) is 17.7. The molecule has 0 aromatic heterocycles. The zero-order chi connectivity index (χ0) is 20.9. The molecule has 1 aliphatic rings. The number of hydrogen-bond donors (Lipinski definition) is 1. The minimum Gasteiger partial charge on any atom is -0.492 e. The molecule has 1 aliphatic heterocycles. The number of nitrogens with zero attached hydrogens (tertiary/aromatic N) is 1. The van der Waals surface area contributed by atoms with Crippen LogP contribution in [0, 0.1) is 19.8 Å². The van der Waals surface area contributed by atoms with Crippen LogP contribution >= 0.6 is 0 Å². The lowest BCUT2D eigenvalue weighted by Crippen LogP contribution is -2.45. The van der Waals surface area contributed by atoms with E-state index >= 15 is 0 Å². The van der Waals surface area contributed by atoms with Crippen LogP contribution in [-0.4, -0.2) is 44.9 Å². The van der Waals surface area contributed by atoms with Crippen LogP contribution in [0.4, 0.5) is 0 Å². The summed E-state index contributed by atoms with van der Waals surface area (Å²) in [6, 6.07) is 14.5. The average molecular weight is 417 g/mol. The fourth-order valence-corrected chi connectivity index (χ4v) is 4.88. The van der Waals surface area contributed by atoms with Gasteiger partial charge in [0.05, 0.1) is 17.4 Å². The lowest BCUT2D eigenvalue weighted by Gasteiger charge is -2.31. The number of benzene rings is 2. The second-order valence-electron chi connectivity index (χ2n) is 7.47. The van der Waals surface area contributed by atoms with Gasteiger partial charge in [-0.05, 0) is 51.0 Å². The van der Waals surface area contributed by atoms with Crippen molar-refractivity contribution in [2.75, 3.05) is 26.2 Å². The number of amides is 1. The van der Waals surface area contributed by atoms with Crippen LogP contribution in [0.15, 0.2) is 53.4 Å². The van der Waals surface area contributed by atoms with Crippen LogP contribution in [0.2, 0.25) is 0 Å². The molecule has 1 fully saturated rings. The van der Waals surface area contributed by atoms with Gasteiger partial charge in [0.2, 0.25) is 15.9 Å². The first kappa shape index (κ1) is 21.3.